The number of sulfonamides is 1. The van der Waals surface area contributed by atoms with E-state index in [1.54, 1.807) is 0 Å². The highest BCUT2D eigenvalue weighted by molar-refractivity contribution is 7.90. The fourth-order valence-corrected chi connectivity index (χ4v) is 4.10. The predicted octanol–water partition coefficient (Wildman–Crippen LogP) is 2.12. The van der Waals surface area contributed by atoms with Crippen LogP contribution in [0, 0.1) is 0 Å². The number of benzene rings is 2. The summed E-state index contributed by atoms with van der Waals surface area (Å²) in [7, 11) is -6.28. The first-order chi connectivity index (χ1) is 13.0. The summed E-state index contributed by atoms with van der Waals surface area (Å²) in [6.45, 7) is 7.94. The maximum atomic E-state index is 12.6. The molecule has 2 aromatic rings. The number of carbonyl (C=O) groups excluding carboxylic acids is 1. The van der Waals surface area contributed by atoms with Gasteiger partial charge in [0.25, 0.3) is 10.0 Å². The number of hydrogen-bond donors (Lipinski definition) is 4. The van der Waals surface area contributed by atoms with Gasteiger partial charge in [-0.2, -0.15) is 0 Å². The van der Waals surface area contributed by atoms with Gasteiger partial charge >= 0.3 is 13.1 Å². The molecular weight excluding hydrogens is 379 g/mol. The van der Waals surface area contributed by atoms with Gasteiger partial charge in [0.2, 0.25) is 0 Å². The monoisotopic (exact) mass is 404 g/mol. The normalized spacial score (nSPS) is 11.6. The number of carbonyl (C=O) groups is 1. The smallest absolute Gasteiger partial charge is 0.423 e. The minimum absolute atomic E-state index is 0.121. The number of amides is 2. The molecule has 2 rings (SSSR count). The average Bonchev–Trinajstić information content (AvgIpc) is 2.60. The van der Waals surface area contributed by atoms with Crippen molar-refractivity contribution in [3.05, 3.63) is 53.6 Å². The molecule has 0 saturated carbocycles. The van der Waals surface area contributed by atoms with E-state index < -0.39 is 23.2 Å². The topological polar surface area (TPSA) is 116 Å². The fourth-order valence-electron chi connectivity index (χ4n) is 2.95. The van der Waals surface area contributed by atoms with Crippen LogP contribution in [0.15, 0.2) is 47.4 Å². The van der Waals surface area contributed by atoms with E-state index in [-0.39, 0.29) is 22.2 Å². The third-order valence-electron chi connectivity index (χ3n) is 4.33. The van der Waals surface area contributed by atoms with E-state index in [1.807, 2.05) is 50.6 Å². The lowest BCUT2D eigenvalue weighted by Gasteiger charge is -2.20. The number of hydrogen-bond acceptors (Lipinski definition) is 5. The summed E-state index contributed by atoms with van der Waals surface area (Å²) < 4.78 is 27.2. The van der Waals surface area contributed by atoms with Crippen molar-refractivity contribution in [1.82, 2.24) is 4.72 Å². The van der Waals surface area contributed by atoms with E-state index in [0.29, 0.717) is 5.69 Å². The van der Waals surface area contributed by atoms with E-state index in [1.165, 1.54) is 24.3 Å². The Morgan fingerprint density at radius 3 is 1.96 bits per heavy atom. The van der Waals surface area contributed by atoms with Crippen LogP contribution in [-0.2, 0) is 10.0 Å². The molecule has 0 aliphatic carbocycles. The maximum Gasteiger partial charge on any atom is 0.489 e. The van der Waals surface area contributed by atoms with Gasteiger partial charge in [-0.15, -0.1) is 0 Å². The van der Waals surface area contributed by atoms with Gasteiger partial charge in [-0.05, 0) is 29.0 Å². The van der Waals surface area contributed by atoms with Crippen LogP contribution < -0.4 is 15.5 Å². The van der Waals surface area contributed by atoms with Gasteiger partial charge in [0.05, 0.1) is 4.90 Å². The minimum atomic E-state index is -4.30. The van der Waals surface area contributed by atoms with Crippen molar-refractivity contribution in [3.8, 4) is 0 Å². The van der Waals surface area contributed by atoms with Crippen molar-refractivity contribution < 1.29 is 23.3 Å². The summed E-state index contributed by atoms with van der Waals surface area (Å²) in [6.07, 6.45) is 0. The standard InChI is InChI=1S/C19H25BN2O5S/c1-12(2)14-8-7-9-15(13(3)4)18(14)21-19(23)22-28(26,27)17-11-6-5-10-16(17)20(24)25/h5-13,24-25H,1-4H3,(H2,21,22,23). The predicted molar refractivity (Wildman–Crippen MR) is 110 cm³/mol. The van der Waals surface area contributed by atoms with Crippen LogP contribution >= 0.6 is 0 Å². The molecule has 9 heteroatoms. The molecule has 0 aliphatic rings. The summed E-state index contributed by atoms with van der Waals surface area (Å²) in [5.41, 5.74) is 2.15. The molecule has 2 aromatic carbocycles. The highest BCUT2D eigenvalue weighted by Crippen LogP contribution is 2.32. The Morgan fingerprint density at radius 1 is 0.929 bits per heavy atom. The van der Waals surface area contributed by atoms with Crippen molar-refractivity contribution in [1.29, 1.82) is 0 Å². The van der Waals surface area contributed by atoms with Crippen molar-refractivity contribution in [2.45, 2.75) is 44.4 Å². The Morgan fingerprint density at radius 2 is 1.46 bits per heavy atom. The molecule has 4 N–H and O–H groups in total. The number of para-hydroxylation sites is 1. The lowest BCUT2D eigenvalue weighted by Crippen LogP contribution is -2.41. The van der Waals surface area contributed by atoms with Crippen LogP contribution in [0.5, 0.6) is 0 Å². The summed E-state index contributed by atoms with van der Waals surface area (Å²) in [4.78, 5) is 12.1. The molecule has 0 atom stereocenters. The van der Waals surface area contributed by atoms with Crippen LogP contribution in [-0.4, -0.2) is 31.6 Å². The third-order valence-corrected chi connectivity index (χ3v) is 5.73. The Hall–Kier alpha value is -2.36. The molecule has 28 heavy (non-hydrogen) atoms. The molecule has 2 amide bonds. The highest BCUT2D eigenvalue weighted by atomic mass is 32.2. The van der Waals surface area contributed by atoms with Crippen LogP contribution in [0.25, 0.3) is 0 Å². The molecule has 7 nitrogen and oxygen atoms in total. The molecule has 150 valence electrons. The average molecular weight is 404 g/mol. The van der Waals surface area contributed by atoms with Crippen LogP contribution in [0.1, 0.15) is 50.7 Å². The molecule has 0 heterocycles. The fraction of sp³-hybridized carbons (Fsp3) is 0.316. The molecule has 0 bridgehead atoms. The van der Waals surface area contributed by atoms with Crippen LogP contribution in [0.4, 0.5) is 10.5 Å². The third kappa shape index (κ3) is 4.92. The maximum absolute atomic E-state index is 12.6. The quantitative estimate of drug-likeness (QED) is 0.551. The zero-order valence-corrected chi connectivity index (χ0v) is 17.1. The van der Waals surface area contributed by atoms with Crippen molar-refractivity contribution in [3.63, 3.8) is 0 Å². The molecule has 0 saturated heterocycles. The second kappa shape index (κ2) is 8.77. The number of anilines is 1. The molecule has 0 fully saturated rings. The highest BCUT2D eigenvalue weighted by Gasteiger charge is 2.26. The van der Waals surface area contributed by atoms with E-state index in [2.05, 4.69) is 5.32 Å². The van der Waals surface area contributed by atoms with Gasteiger partial charge in [0.15, 0.2) is 0 Å². The second-order valence-electron chi connectivity index (χ2n) is 7.09. The van der Waals surface area contributed by atoms with Gasteiger partial charge < -0.3 is 15.4 Å². The Bertz CT molecular complexity index is 932. The lowest BCUT2D eigenvalue weighted by molar-refractivity contribution is 0.256. The van der Waals surface area contributed by atoms with E-state index in [0.717, 1.165) is 11.1 Å². The number of nitrogens with one attached hydrogen (secondary N) is 2. The molecule has 0 aromatic heterocycles. The van der Waals surface area contributed by atoms with Crippen LogP contribution in [0.3, 0.4) is 0 Å². The van der Waals surface area contributed by atoms with Gasteiger partial charge in [0.1, 0.15) is 0 Å². The van der Waals surface area contributed by atoms with Crippen LogP contribution in [0.2, 0.25) is 0 Å². The minimum Gasteiger partial charge on any atom is -0.423 e. The number of urea groups is 1. The van der Waals surface area contributed by atoms with Gasteiger partial charge in [-0.3, -0.25) is 0 Å². The zero-order chi connectivity index (χ0) is 21.1. The molecule has 0 spiro atoms. The first-order valence-corrected chi connectivity index (χ1v) is 10.4. The second-order valence-corrected chi connectivity index (χ2v) is 8.74. The van der Waals surface area contributed by atoms with Gasteiger partial charge in [0, 0.05) is 11.2 Å². The van der Waals surface area contributed by atoms with Gasteiger partial charge in [-0.25, -0.2) is 17.9 Å². The first kappa shape index (κ1) is 21.9. The van der Waals surface area contributed by atoms with E-state index in [9.17, 15) is 23.3 Å². The van der Waals surface area contributed by atoms with E-state index in [4.69, 9.17) is 0 Å². The summed E-state index contributed by atoms with van der Waals surface area (Å²) >= 11 is 0. The molecule has 0 unspecified atom stereocenters. The summed E-state index contributed by atoms with van der Waals surface area (Å²) in [5.74, 6) is 0.242. The lowest BCUT2D eigenvalue weighted by atomic mass is 9.80. The Labute approximate surface area is 166 Å². The van der Waals surface area contributed by atoms with Gasteiger partial charge in [-0.1, -0.05) is 64.1 Å². The van der Waals surface area contributed by atoms with Crippen molar-refractivity contribution in [2.24, 2.45) is 0 Å². The van der Waals surface area contributed by atoms with Crippen molar-refractivity contribution >= 4 is 34.3 Å². The SMILES string of the molecule is CC(C)c1cccc(C(C)C)c1NC(=O)NS(=O)(=O)c1ccccc1B(O)O. The van der Waals surface area contributed by atoms with E-state index >= 15 is 0 Å². The summed E-state index contributed by atoms with van der Waals surface area (Å²) in [6, 6.07) is 10.1. The molecule has 0 aliphatic heterocycles. The largest absolute Gasteiger partial charge is 0.489 e. The zero-order valence-electron chi connectivity index (χ0n) is 16.3. The van der Waals surface area contributed by atoms with Crippen molar-refractivity contribution in [2.75, 3.05) is 5.32 Å². The number of rotatable bonds is 6. The Balaban J connectivity index is 2.35. The Kier molecular flexibility index (Phi) is 6.87. The molecule has 0 radical (unpaired) electrons. The summed E-state index contributed by atoms with van der Waals surface area (Å²) in [5, 5.41) is 21.5. The first-order valence-electron chi connectivity index (χ1n) is 8.96. The molecular formula is C19H25BN2O5S.